The van der Waals surface area contributed by atoms with Crippen LogP contribution in [-0.2, 0) is 21.3 Å². The highest BCUT2D eigenvalue weighted by atomic mass is 32.2. The van der Waals surface area contributed by atoms with Crippen LogP contribution in [0.5, 0.6) is 0 Å². The first-order valence-electron chi connectivity index (χ1n) is 6.87. The molecule has 2 rings (SSSR count). The van der Waals surface area contributed by atoms with Gasteiger partial charge in [-0.3, -0.25) is 0 Å². The van der Waals surface area contributed by atoms with Gasteiger partial charge in [0, 0.05) is 25.2 Å². The molecule has 1 aromatic carbocycles. The molecule has 21 heavy (non-hydrogen) atoms. The number of hydrogen-bond acceptors (Lipinski definition) is 5. The third-order valence-electron chi connectivity index (χ3n) is 3.15. The van der Waals surface area contributed by atoms with Crippen LogP contribution in [0, 0.1) is 5.82 Å². The van der Waals surface area contributed by atoms with E-state index in [0.29, 0.717) is 45.0 Å². The van der Waals surface area contributed by atoms with Crippen LogP contribution in [-0.4, -0.2) is 46.3 Å². The average Bonchev–Trinajstić information content (AvgIpc) is 2.47. The Hall–Kier alpha value is -1.06. The second kappa shape index (κ2) is 7.28. The van der Waals surface area contributed by atoms with Crippen molar-refractivity contribution in [3.05, 3.63) is 29.6 Å². The fraction of sp³-hybridized carbons (Fsp3) is 0.538. The maximum atomic E-state index is 13.7. The summed E-state index contributed by atoms with van der Waals surface area (Å²) in [7, 11) is -3.70. The Morgan fingerprint density at radius 1 is 1.33 bits per heavy atom. The molecule has 0 aromatic heterocycles. The van der Waals surface area contributed by atoms with E-state index in [9.17, 15) is 12.8 Å². The number of halogens is 1. The fourth-order valence-electron chi connectivity index (χ4n) is 1.99. The molecule has 6 nitrogen and oxygen atoms in total. The maximum Gasteiger partial charge on any atom is 0.253 e. The van der Waals surface area contributed by atoms with E-state index < -0.39 is 15.8 Å². The SMILES string of the molecule is CCNCc1cc(S(=O)(=O)NN2CCOCC2)ccc1F. The van der Waals surface area contributed by atoms with Gasteiger partial charge in [-0.15, -0.1) is 4.83 Å². The summed E-state index contributed by atoms with van der Waals surface area (Å²) >= 11 is 0. The lowest BCUT2D eigenvalue weighted by atomic mass is 10.2. The number of sulfonamides is 1. The van der Waals surface area contributed by atoms with Gasteiger partial charge in [-0.2, -0.15) is 0 Å². The van der Waals surface area contributed by atoms with Gasteiger partial charge in [-0.05, 0) is 24.7 Å². The molecular formula is C13H20FN3O3S. The molecule has 0 saturated carbocycles. The molecule has 1 aliphatic rings. The van der Waals surface area contributed by atoms with Gasteiger partial charge >= 0.3 is 0 Å². The van der Waals surface area contributed by atoms with E-state index in [4.69, 9.17) is 4.74 Å². The van der Waals surface area contributed by atoms with E-state index in [0.717, 1.165) is 0 Å². The van der Waals surface area contributed by atoms with Crippen molar-refractivity contribution >= 4 is 10.0 Å². The van der Waals surface area contributed by atoms with E-state index >= 15 is 0 Å². The smallest absolute Gasteiger partial charge is 0.253 e. The second-order valence-electron chi connectivity index (χ2n) is 4.73. The van der Waals surface area contributed by atoms with Crippen LogP contribution >= 0.6 is 0 Å². The summed E-state index contributed by atoms with van der Waals surface area (Å²) in [5.74, 6) is -0.415. The van der Waals surface area contributed by atoms with E-state index in [1.54, 1.807) is 5.01 Å². The number of ether oxygens (including phenoxy) is 1. The van der Waals surface area contributed by atoms with Crippen LogP contribution in [0.3, 0.4) is 0 Å². The lowest BCUT2D eigenvalue weighted by Gasteiger charge is -2.26. The van der Waals surface area contributed by atoms with Crippen LogP contribution in [0.1, 0.15) is 12.5 Å². The van der Waals surface area contributed by atoms with Crippen molar-refractivity contribution in [1.82, 2.24) is 15.2 Å². The Morgan fingerprint density at radius 3 is 2.71 bits per heavy atom. The Morgan fingerprint density at radius 2 is 2.05 bits per heavy atom. The molecule has 0 bridgehead atoms. The normalized spacial score (nSPS) is 17.0. The molecule has 1 aliphatic heterocycles. The van der Waals surface area contributed by atoms with Crippen LogP contribution in [0.15, 0.2) is 23.1 Å². The van der Waals surface area contributed by atoms with Gasteiger partial charge in [0.2, 0.25) is 0 Å². The van der Waals surface area contributed by atoms with Crippen LogP contribution in [0.2, 0.25) is 0 Å². The van der Waals surface area contributed by atoms with Crippen molar-refractivity contribution < 1.29 is 17.5 Å². The second-order valence-corrected chi connectivity index (χ2v) is 6.39. The fourth-order valence-corrected chi connectivity index (χ4v) is 3.16. The summed E-state index contributed by atoms with van der Waals surface area (Å²) in [6.45, 7) is 4.83. The van der Waals surface area contributed by atoms with Crippen LogP contribution in [0.4, 0.5) is 4.39 Å². The van der Waals surface area contributed by atoms with Crippen molar-refractivity contribution in [2.75, 3.05) is 32.8 Å². The largest absolute Gasteiger partial charge is 0.379 e. The topological polar surface area (TPSA) is 70.7 Å². The van der Waals surface area contributed by atoms with Gasteiger partial charge in [0.05, 0.1) is 18.1 Å². The third-order valence-corrected chi connectivity index (χ3v) is 4.53. The monoisotopic (exact) mass is 317 g/mol. The first-order chi connectivity index (χ1) is 10.0. The van der Waals surface area contributed by atoms with Gasteiger partial charge in [-0.1, -0.05) is 6.92 Å². The molecule has 0 amide bonds. The molecule has 0 unspecified atom stereocenters. The third kappa shape index (κ3) is 4.45. The predicted molar refractivity (Wildman–Crippen MR) is 76.5 cm³/mol. The molecule has 2 N–H and O–H groups in total. The van der Waals surface area contributed by atoms with Gasteiger partial charge in [-0.25, -0.2) is 17.8 Å². The molecule has 1 aromatic rings. The minimum absolute atomic E-state index is 0.0586. The molecule has 8 heteroatoms. The van der Waals surface area contributed by atoms with Crippen molar-refractivity contribution in [1.29, 1.82) is 0 Å². The van der Waals surface area contributed by atoms with E-state index in [2.05, 4.69) is 10.1 Å². The van der Waals surface area contributed by atoms with Crippen molar-refractivity contribution in [2.45, 2.75) is 18.4 Å². The van der Waals surface area contributed by atoms with E-state index in [-0.39, 0.29) is 4.90 Å². The van der Waals surface area contributed by atoms with Gasteiger partial charge in [0.25, 0.3) is 10.0 Å². The standard InChI is InChI=1S/C13H20FN3O3S/c1-2-15-10-11-9-12(3-4-13(11)14)21(18,19)16-17-5-7-20-8-6-17/h3-4,9,15-16H,2,5-8,10H2,1H3. The lowest BCUT2D eigenvalue weighted by molar-refractivity contribution is 0.0272. The van der Waals surface area contributed by atoms with Gasteiger partial charge in [0.1, 0.15) is 5.82 Å². The molecule has 1 heterocycles. The minimum Gasteiger partial charge on any atom is -0.379 e. The number of rotatable bonds is 6. The molecular weight excluding hydrogens is 297 g/mol. The Bertz CT molecular complexity index is 574. The highest BCUT2D eigenvalue weighted by molar-refractivity contribution is 7.89. The van der Waals surface area contributed by atoms with E-state index in [1.807, 2.05) is 6.92 Å². The van der Waals surface area contributed by atoms with Crippen molar-refractivity contribution in [3.63, 3.8) is 0 Å². The summed E-state index contributed by atoms with van der Waals surface area (Å²) in [5.41, 5.74) is 0.335. The van der Waals surface area contributed by atoms with E-state index in [1.165, 1.54) is 18.2 Å². The Balaban J connectivity index is 2.14. The summed E-state index contributed by atoms with van der Waals surface area (Å²) in [6.07, 6.45) is 0. The molecule has 0 radical (unpaired) electrons. The van der Waals surface area contributed by atoms with Crippen LogP contribution < -0.4 is 10.1 Å². The summed E-state index contributed by atoms with van der Waals surface area (Å²) in [4.78, 5) is 2.56. The Labute approximate surface area is 124 Å². The number of hydrazine groups is 1. The van der Waals surface area contributed by atoms with Crippen LogP contribution in [0.25, 0.3) is 0 Å². The molecule has 1 fully saturated rings. The Kier molecular flexibility index (Phi) is 5.65. The minimum atomic E-state index is -3.70. The molecule has 0 atom stereocenters. The maximum absolute atomic E-state index is 13.7. The van der Waals surface area contributed by atoms with Crippen molar-refractivity contribution in [3.8, 4) is 0 Å². The van der Waals surface area contributed by atoms with Gasteiger partial charge in [0.15, 0.2) is 0 Å². The summed E-state index contributed by atoms with van der Waals surface area (Å²) in [6, 6.07) is 3.81. The molecule has 0 aliphatic carbocycles. The van der Waals surface area contributed by atoms with Crippen molar-refractivity contribution in [2.24, 2.45) is 0 Å². The zero-order chi connectivity index (χ0) is 15.3. The van der Waals surface area contributed by atoms with Gasteiger partial charge < -0.3 is 10.1 Å². The zero-order valence-corrected chi connectivity index (χ0v) is 12.7. The molecule has 118 valence electrons. The molecule has 1 saturated heterocycles. The first-order valence-corrected chi connectivity index (χ1v) is 8.35. The zero-order valence-electron chi connectivity index (χ0n) is 11.9. The highest BCUT2D eigenvalue weighted by Crippen LogP contribution is 2.15. The highest BCUT2D eigenvalue weighted by Gasteiger charge is 2.21. The summed E-state index contributed by atoms with van der Waals surface area (Å²) in [5, 5.41) is 4.57. The summed E-state index contributed by atoms with van der Waals surface area (Å²) < 4.78 is 43.4. The first kappa shape index (κ1) is 16.3. The molecule has 0 spiro atoms. The average molecular weight is 317 g/mol. The quantitative estimate of drug-likeness (QED) is 0.798. The predicted octanol–water partition coefficient (Wildman–Crippen LogP) is 0.461. The number of nitrogens with zero attached hydrogens (tertiary/aromatic N) is 1. The number of morpholine rings is 1. The number of hydrogen-bond donors (Lipinski definition) is 2. The number of benzene rings is 1. The lowest BCUT2D eigenvalue weighted by Crippen LogP contribution is -2.48. The number of nitrogens with one attached hydrogen (secondary N) is 2.